The number of halogens is 3. The van der Waals surface area contributed by atoms with Crippen molar-refractivity contribution in [2.24, 2.45) is 33.5 Å². The highest BCUT2D eigenvalue weighted by Gasteiger charge is 2.74. The number of Topliss-reactive ketones (excluding diaryl/α,β-unsaturated/α-hetero) is 1. The molecule has 280 valence electrons. The molecule has 8 atom stereocenters. The molecule has 6 aliphatic rings. The monoisotopic (exact) mass is 727 g/mol. The summed E-state index contributed by atoms with van der Waals surface area (Å²) in [4.78, 5) is 30.2. The number of benzene rings is 3. The number of carbonyl (C=O) groups is 2. The molecule has 1 amide bonds. The number of rotatable bonds is 7. The number of ketones is 1. The minimum absolute atomic E-state index is 0.0132. The van der Waals surface area contributed by atoms with Gasteiger partial charge >= 0.3 is 12.3 Å². The number of ether oxygens (including phenoxy) is 1. The Labute approximate surface area is 308 Å². The molecule has 0 saturated heterocycles. The summed E-state index contributed by atoms with van der Waals surface area (Å²) in [6.07, 6.45) is 5.44. The van der Waals surface area contributed by atoms with E-state index in [-0.39, 0.29) is 29.4 Å². The van der Waals surface area contributed by atoms with Crippen LogP contribution >= 0.6 is 0 Å². The van der Waals surface area contributed by atoms with Crippen molar-refractivity contribution in [3.63, 3.8) is 0 Å². The lowest BCUT2D eigenvalue weighted by atomic mass is 9.32. The molecule has 0 aromatic heterocycles. The van der Waals surface area contributed by atoms with Crippen LogP contribution in [0.5, 0.6) is 5.75 Å². The van der Waals surface area contributed by atoms with Crippen molar-refractivity contribution in [1.82, 2.24) is 4.90 Å². The average Bonchev–Trinajstić information content (AvgIpc) is 3.40. The minimum Gasteiger partial charge on any atom is -0.410 e. The molecule has 9 rings (SSSR count). The van der Waals surface area contributed by atoms with Crippen LogP contribution in [0.4, 0.5) is 18.0 Å². The van der Waals surface area contributed by atoms with Gasteiger partial charge < -0.3 is 19.8 Å². The number of amides is 1. The van der Waals surface area contributed by atoms with Gasteiger partial charge in [-0.15, -0.1) is 0 Å². The topological polar surface area (TPSA) is 87.1 Å². The Morgan fingerprint density at radius 1 is 0.887 bits per heavy atom. The molecule has 3 aromatic carbocycles. The van der Waals surface area contributed by atoms with Crippen molar-refractivity contribution in [2.45, 2.75) is 90.0 Å². The van der Waals surface area contributed by atoms with Crippen LogP contribution in [0.15, 0.2) is 90.5 Å². The molecule has 53 heavy (non-hydrogen) atoms. The fourth-order valence-corrected chi connectivity index (χ4v) is 11.8. The Morgan fingerprint density at radius 2 is 1.60 bits per heavy atom. The van der Waals surface area contributed by atoms with E-state index in [4.69, 9.17) is 4.74 Å². The van der Waals surface area contributed by atoms with Crippen molar-refractivity contribution >= 4 is 22.6 Å². The summed E-state index contributed by atoms with van der Waals surface area (Å²) < 4.78 is 47.6. The Balaban J connectivity index is 1.16. The number of aliphatic hydroxyl groups excluding tert-OH is 1. The molecule has 0 heterocycles. The molecule has 2 bridgehead atoms. The Morgan fingerprint density at radius 3 is 2.36 bits per heavy atom. The zero-order chi connectivity index (χ0) is 37.6. The molecular formula is C44H48F3NO5. The maximum Gasteiger partial charge on any atom is 0.416 e. The first-order chi connectivity index (χ1) is 25.1. The molecular weight excluding hydrogens is 679 g/mol. The molecule has 3 aromatic rings. The first kappa shape index (κ1) is 36.0. The predicted molar refractivity (Wildman–Crippen MR) is 196 cm³/mol. The summed E-state index contributed by atoms with van der Waals surface area (Å²) in [5, 5.41) is 25.8. The summed E-state index contributed by atoms with van der Waals surface area (Å²) >= 11 is 0. The molecule has 2 spiro atoms. The second-order valence-electron chi connectivity index (χ2n) is 17.0. The van der Waals surface area contributed by atoms with Crippen LogP contribution in [0.2, 0.25) is 0 Å². The Hall–Kier alpha value is -3.95. The molecule has 0 aliphatic heterocycles. The van der Waals surface area contributed by atoms with Crippen molar-refractivity contribution in [2.75, 3.05) is 13.1 Å². The van der Waals surface area contributed by atoms with E-state index in [1.54, 1.807) is 11.0 Å². The second-order valence-corrected chi connectivity index (χ2v) is 17.0. The van der Waals surface area contributed by atoms with Crippen molar-refractivity contribution in [1.29, 1.82) is 0 Å². The van der Waals surface area contributed by atoms with Crippen LogP contribution in [0.3, 0.4) is 0 Å². The third-order valence-electron chi connectivity index (χ3n) is 14.5. The van der Waals surface area contributed by atoms with Crippen molar-refractivity contribution in [3.05, 3.63) is 102 Å². The molecule has 6 aliphatic carbocycles. The lowest BCUT2D eigenvalue weighted by Gasteiger charge is -2.71. The molecule has 3 saturated carbocycles. The minimum atomic E-state index is -4.60. The zero-order valence-electron chi connectivity index (χ0n) is 30.6. The van der Waals surface area contributed by atoms with Gasteiger partial charge in [0.05, 0.1) is 23.8 Å². The summed E-state index contributed by atoms with van der Waals surface area (Å²) in [6.45, 7) is 6.75. The van der Waals surface area contributed by atoms with E-state index in [1.807, 2.05) is 49.4 Å². The molecule has 6 nitrogen and oxygen atoms in total. The van der Waals surface area contributed by atoms with Crippen LogP contribution in [0.1, 0.15) is 88.1 Å². The van der Waals surface area contributed by atoms with Gasteiger partial charge in [0.2, 0.25) is 0 Å². The highest BCUT2D eigenvalue weighted by Crippen LogP contribution is 2.78. The SMILES string of the molecule is CCCN(CC1(O)CCC2C34C=CC5(C=C3C(=O)c3cccc(C(F)(F)F)c3)CC(O)CCC5(C)C4CCC21C)C(=O)Oc1ccc2ccccc2c1. The highest BCUT2D eigenvalue weighted by atomic mass is 19.4. The Bertz CT molecular complexity index is 2040. The quantitative estimate of drug-likeness (QED) is 0.187. The number of aliphatic hydroxyl groups is 2. The number of hydrogen-bond acceptors (Lipinski definition) is 5. The van der Waals surface area contributed by atoms with Gasteiger partial charge in [-0.3, -0.25) is 4.79 Å². The van der Waals surface area contributed by atoms with Gasteiger partial charge in [-0.25, -0.2) is 4.79 Å². The number of nitrogens with zero attached hydrogens (tertiary/aromatic N) is 1. The van der Waals surface area contributed by atoms with Crippen molar-refractivity contribution < 1.29 is 37.7 Å². The van der Waals surface area contributed by atoms with E-state index in [0.29, 0.717) is 62.8 Å². The largest absolute Gasteiger partial charge is 0.416 e. The van der Waals surface area contributed by atoms with Gasteiger partial charge in [-0.05, 0) is 104 Å². The third-order valence-corrected chi connectivity index (χ3v) is 14.5. The molecule has 9 heteroatoms. The Kier molecular flexibility index (Phi) is 8.36. The lowest BCUT2D eigenvalue weighted by Crippen LogP contribution is -2.67. The van der Waals surface area contributed by atoms with Crippen LogP contribution in [-0.2, 0) is 6.18 Å². The third kappa shape index (κ3) is 5.27. The van der Waals surface area contributed by atoms with E-state index in [9.17, 15) is 33.0 Å². The number of alkyl halides is 3. The first-order valence-corrected chi connectivity index (χ1v) is 19.1. The molecule has 8 unspecified atom stereocenters. The zero-order valence-corrected chi connectivity index (χ0v) is 30.6. The number of hydrogen-bond donors (Lipinski definition) is 2. The summed E-state index contributed by atoms with van der Waals surface area (Å²) in [6, 6.07) is 18.0. The first-order valence-electron chi connectivity index (χ1n) is 19.1. The smallest absolute Gasteiger partial charge is 0.410 e. The van der Waals surface area contributed by atoms with Gasteiger partial charge in [0.25, 0.3) is 0 Å². The van der Waals surface area contributed by atoms with E-state index in [0.717, 1.165) is 29.3 Å². The van der Waals surface area contributed by atoms with E-state index in [1.165, 1.54) is 12.1 Å². The predicted octanol–water partition coefficient (Wildman–Crippen LogP) is 9.54. The molecule has 0 radical (unpaired) electrons. The fraction of sp³-hybridized carbons (Fsp3) is 0.500. The van der Waals surface area contributed by atoms with Crippen LogP contribution < -0.4 is 4.74 Å². The van der Waals surface area contributed by atoms with Gasteiger partial charge in [0.15, 0.2) is 5.78 Å². The maximum absolute atomic E-state index is 14.8. The standard InChI is InChI=1S/C44H48F3NO5/c1-4-22-48(38(51)53-33-13-12-28-8-5-6-9-29(28)24-33)27-42(52)19-16-36-40(42,3)18-15-35-39(2)17-14-32(49)25-41(39)20-21-43(35,36)34(26-41)37(50)30-10-7-11-31(23-30)44(45,46)47/h5-13,20-21,23-24,26,32,35-36,49,52H,4,14-19,22,25,27H2,1-3H3. The highest BCUT2D eigenvalue weighted by molar-refractivity contribution is 6.10. The van der Waals surface area contributed by atoms with Gasteiger partial charge in [-0.2, -0.15) is 13.2 Å². The normalized spacial score (nSPS) is 35.6. The molecule has 3 fully saturated rings. The number of carbonyl (C=O) groups excluding carboxylic acids is 2. The van der Waals surface area contributed by atoms with Crippen LogP contribution in [0.25, 0.3) is 10.8 Å². The van der Waals surface area contributed by atoms with E-state index in [2.05, 4.69) is 26.0 Å². The maximum atomic E-state index is 14.8. The van der Waals surface area contributed by atoms with Gasteiger partial charge in [0, 0.05) is 33.9 Å². The fourth-order valence-electron chi connectivity index (χ4n) is 11.8. The van der Waals surface area contributed by atoms with Gasteiger partial charge in [0.1, 0.15) is 5.75 Å². The van der Waals surface area contributed by atoms with Crippen LogP contribution in [0, 0.1) is 33.5 Å². The summed E-state index contributed by atoms with van der Waals surface area (Å²) in [5.74, 6) is -0.257. The number of fused-ring (bicyclic) bond motifs is 2. The van der Waals surface area contributed by atoms with Crippen molar-refractivity contribution in [3.8, 4) is 5.75 Å². The van der Waals surface area contributed by atoms with Crippen LogP contribution in [-0.4, -0.2) is 51.8 Å². The molecule has 2 N–H and O–H groups in total. The lowest BCUT2D eigenvalue weighted by molar-refractivity contribution is -0.175. The summed E-state index contributed by atoms with van der Waals surface area (Å²) in [7, 11) is 0. The number of allylic oxidation sites excluding steroid dienone is 4. The van der Waals surface area contributed by atoms with E-state index < -0.39 is 51.6 Å². The summed E-state index contributed by atoms with van der Waals surface area (Å²) in [5.41, 5.74) is -4.21. The van der Waals surface area contributed by atoms with E-state index >= 15 is 0 Å². The second kappa shape index (κ2) is 12.3. The average molecular weight is 728 g/mol. The van der Waals surface area contributed by atoms with Gasteiger partial charge in [-0.1, -0.05) is 81.5 Å².